The third-order valence-corrected chi connectivity index (χ3v) is 12.0. The summed E-state index contributed by atoms with van der Waals surface area (Å²) in [7, 11) is 0. The molecule has 4 heteroatoms. The first-order valence-electron chi connectivity index (χ1n) is 18.5. The number of hydrogen-bond donors (Lipinski definition) is 0. The number of aromatic nitrogens is 4. The van der Waals surface area contributed by atoms with E-state index in [0.29, 0.717) is 17.8 Å². The molecule has 3 unspecified atom stereocenters. The van der Waals surface area contributed by atoms with Crippen LogP contribution in [0.15, 0.2) is 181 Å². The van der Waals surface area contributed by atoms with Gasteiger partial charge in [0.25, 0.3) is 0 Å². The molecule has 8 aromatic rings. The lowest BCUT2D eigenvalue weighted by atomic mass is 9.60. The van der Waals surface area contributed by atoms with E-state index in [9.17, 15) is 0 Å². The van der Waals surface area contributed by atoms with Crippen molar-refractivity contribution in [1.29, 1.82) is 0 Å². The highest BCUT2D eigenvalue weighted by Gasteiger charge is 2.41. The van der Waals surface area contributed by atoms with Gasteiger partial charge in [0, 0.05) is 46.1 Å². The summed E-state index contributed by atoms with van der Waals surface area (Å²) in [5.41, 5.74) is 15.7. The molecule has 0 amide bonds. The number of fused-ring (bicyclic) bond motifs is 7. The Morgan fingerprint density at radius 3 is 2.40 bits per heavy atom. The van der Waals surface area contributed by atoms with Gasteiger partial charge in [0.05, 0.1) is 16.7 Å². The predicted octanol–water partition coefficient (Wildman–Crippen LogP) is 11.6. The Labute approximate surface area is 306 Å². The standard InChI is InChI=1S/C49H32N4/c1-2-13-34-29(9-1)10-8-16-36(34)41-27-33(35-23-21-32-20-19-30-11-7-12-31-22-24-38(35)45(32)44(30)31)28-53-48-46(39-25-26-50-42-17-5-3-14-37(39)42)51-43-18-6-4-15-40(43)47(48)52-49(41)53/h1-11,13-28,31,44-45H,12H2. The van der Waals surface area contributed by atoms with Crippen LogP contribution in [0.3, 0.4) is 0 Å². The summed E-state index contributed by atoms with van der Waals surface area (Å²) in [4.78, 5) is 15.7. The molecule has 3 atom stereocenters. The number of hydrogen-bond acceptors (Lipinski definition) is 3. The number of nitrogens with zero attached hydrogens (tertiary/aromatic N) is 4. The molecule has 53 heavy (non-hydrogen) atoms. The topological polar surface area (TPSA) is 43.1 Å². The number of imidazole rings is 1. The van der Waals surface area contributed by atoms with E-state index in [4.69, 9.17) is 15.0 Å². The van der Waals surface area contributed by atoms with Crippen molar-refractivity contribution in [1.82, 2.24) is 19.4 Å². The molecule has 0 aliphatic heterocycles. The lowest BCUT2D eigenvalue weighted by molar-refractivity contribution is 0.365. The van der Waals surface area contributed by atoms with Crippen LogP contribution in [-0.4, -0.2) is 19.4 Å². The zero-order valence-corrected chi connectivity index (χ0v) is 28.8. The second kappa shape index (κ2) is 10.9. The van der Waals surface area contributed by atoms with Crippen molar-refractivity contribution in [3.63, 3.8) is 0 Å². The summed E-state index contributed by atoms with van der Waals surface area (Å²) >= 11 is 0. The van der Waals surface area contributed by atoms with E-state index in [2.05, 4.69) is 156 Å². The van der Waals surface area contributed by atoms with Gasteiger partial charge in [0.1, 0.15) is 16.7 Å². The zero-order valence-electron chi connectivity index (χ0n) is 28.8. The number of pyridine rings is 3. The maximum atomic E-state index is 5.58. The monoisotopic (exact) mass is 676 g/mol. The summed E-state index contributed by atoms with van der Waals surface area (Å²) in [6.45, 7) is 0. The summed E-state index contributed by atoms with van der Waals surface area (Å²) < 4.78 is 2.34. The highest BCUT2D eigenvalue weighted by Crippen LogP contribution is 2.52. The van der Waals surface area contributed by atoms with Gasteiger partial charge in [-0.25, -0.2) is 9.97 Å². The van der Waals surface area contributed by atoms with E-state index in [1.54, 1.807) is 0 Å². The number of para-hydroxylation sites is 2. The Bertz CT molecular complexity index is 3100. The van der Waals surface area contributed by atoms with Gasteiger partial charge in [0.2, 0.25) is 0 Å². The van der Waals surface area contributed by atoms with Crippen LogP contribution >= 0.6 is 0 Å². The molecule has 4 aromatic carbocycles. The van der Waals surface area contributed by atoms with E-state index < -0.39 is 0 Å². The second-order valence-corrected chi connectivity index (χ2v) is 14.7. The van der Waals surface area contributed by atoms with Crippen molar-refractivity contribution in [3.8, 4) is 22.4 Å². The zero-order chi connectivity index (χ0) is 34.6. The van der Waals surface area contributed by atoms with E-state index in [1.165, 1.54) is 44.2 Å². The molecule has 0 radical (unpaired) electrons. The molecule has 0 saturated heterocycles. The summed E-state index contributed by atoms with van der Waals surface area (Å²) in [6.07, 6.45) is 24.3. The normalized spacial score (nSPS) is 20.1. The SMILES string of the molecule is C1=CC2=CC=C3C=CC(c4cc(-c5cccc6ccccc56)c5nc6c7ccccc7nc(-c7ccnc8ccccc78)c6n5c4)=C4C=CC(C1)C2C34. The lowest BCUT2D eigenvalue weighted by Crippen LogP contribution is -2.33. The smallest absolute Gasteiger partial charge is 0.145 e. The van der Waals surface area contributed by atoms with Crippen LogP contribution < -0.4 is 0 Å². The average Bonchev–Trinajstić information content (AvgIpc) is 3.62. The second-order valence-electron chi connectivity index (χ2n) is 14.7. The minimum Gasteiger partial charge on any atom is -0.296 e. The van der Waals surface area contributed by atoms with Gasteiger partial charge in [-0.05, 0) is 80.8 Å². The Morgan fingerprint density at radius 1 is 0.642 bits per heavy atom. The van der Waals surface area contributed by atoms with E-state index in [-0.39, 0.29) is 0 Å². The Kier molecular flexibility index (Phi) is 5.98. The van der Waals surface area contributed by atoms with Crippen LogP contribution in [0, 0.1) is 17.8 Å². The molecule has 0 saturated carbocycles. The van der Waals surface area contributed by atoms with Gasteiger partial charge < -0.3 is 0 Å². The van der Waals surface area contributed by atoms with Crippen molar-refractivity contribution in [2.75, 3.05) is 0 Å². The van der Waals surface area contributed by atoms with Gasteiger partial charge in [-0.2, -0.15) is 0 Å². The third kappa shape index (κ3) is 4.15. The fraction of sp³-hybridized carbons (Fsp3) is 0.0816. The van der Waals surface area contributed by atoms with Gasteiger partial charge in [-0.3, -0.25) is 9.38 Å². The van der Waals surface area contributed by atoms with Crippen LogP contribution in [-0.2, 0) is 0 Å². The molecule has 4 heterocycles. The molecule has 4 aliphatic rings. The first-order valence-corrected chi connectivity index (χ1v) is 18.5. The van der Waals surface area contributed by atoms with Crippen LogP contribution in [0.4, 0.5) is 0 Å². The maximum Gasteiger partial charge on any atom is 0.145 e. The van der Waals surface area contributed by atoms with Crippen molar-refractivity contribution in [2.24, 2.45) is 17.8 Å². The number of allylic oxidation sites excluding steroid dienone is 12. The van der Waals surface area contributed by atoms with Gasteiger partial charge in [-0.1, -0.05) is 127 Å². The van der Waals surface area contributed by atoms with Crippen molar-refractivity contribution in [3.05, 3.63) is 186 Å². The Balaban J connectivity index is 1.22. The molecular weight excluding hydrogens is 645 g/mol. The average molecular weight is 677 g/mol. The highest BCUT2D eigenvalue weighted by atomic mass is 15.0. The van der Waals surface area contributed by atoms with Gasteiger partial charge >= 0.3 is 0 Å². The van der Waals surface area contributed by atoms with Crippen molar-refractivity contribution in [2.45, 2.75) is 6.42 Å². The molecule has 4 aromatic heterocycles. The molecule has 0 spiro atoms. The van der Waals surface area contributed by atoms with Crippen molar-refractivity contribution < 1.29 is 0 Å². The lowest BCUT2D eigenvalue weighted by Gasteiger charge is -2.43. The molecule has 248 valence electrons. The van der Waals surface area contributed by atoms with Gasteiger partial charge in [-0.15, -0.1) is 0 Å². The third-order valence-electron chi connectivity index (χ3n) is 12.0. The fourth-order valence-electron chi connectivity index (χ4n) is 9.63. The number of rotatable bonds is 3. The summed E-state index contributed by atoms with van der Waals surface area (Å²) in [5.74, 6) is 1.34. The molecule has 4 aliphatic carbocycles. The van der Waals surface area contributed by atoms with Crippen molar-refractivity contribution >= 4 is 54.8 Å². The molecule has 12 rings (SSSR count). The molecule has 0 fully saturated rings. The van der Waals surface area contributed by atoms with Gasteiger partial charge in [0.15, 0.2) is 0 Å². The predicted molar refractivity (Wildman–Crippen MR) is 217 cm³/mol. The Hall–Kier alpha value is -6.65. The minimum atomic E-state index is 0.343. The highest BCUT2D eigenvalue weighted by molar-refractivity contribution is 6.13. The van der Waals surface area contributed by atoms with Crippen LogP contribution in [0.5, 0.6) is 0 Å². The molecule has 0 bridgehead atoms. The minimum absolute atomic E-state index is 0.343. The summed E-state index contributed by atoms with van der Waals surface area (Å²) in [6, 6.07) is 36.6. The van der Waals surface area contributed by atoms with Crippen LogP contribution in [0.25, 0.3) is 77.2 Å². The number of benzene rings is 4. The fourth-order valence-corrected chi connectivity index (χ4v) is 9.63. The molecule has 4 nitrogen and oxygen atoms in total. The first-order chi connectivity index (χ1) is 26.3. The maximum absolute atomic E-state index is 5.58. The summed E-state index contributed by atoms with van der Waals surface area (Å²) in [5, 5.41) is 4.54. The van der Waals surface area contributed by atoms with E-state index in [1.807, 2.05) is 12.3 Å². The quantitative estimate of drug-likeness (QED) is 0.187. The first kappa shape index (κ1) is 29.0. The van der Waals surface area contributed by atoms with Crippen LogP contribution in [0.1, 0.15) is 12.0 Å². The molecule has 0 N–H and O–H groups in total. The van der Waals surface area contributed by atoms with Crippen LogP contribution in [0.2, 0.25) is 0 Å². The van der Waals surface area contributed by atoms with E-state index in [0.717, 1.165) is 61.7 Å². The van der Waals surface area contributed by atoms with E-state index >= 15 is 0 Å². The largest absolute Gasteiger partial charge is 0.296 e. The Morgan fingerprint density at radius 2 is 1.45 bits per heavy atom. The molecular formula is C49H32N4.